The van der Waals surface area contributed by atoms with Gasteiger partial charge in [0.2, 0.25) is 5.91 Å². The molecular weight excluding hydrogens is 695 g/mol. The van der Waals surface area contributed by atoms with E-state index < -0.39 is 12.1 Å². The molecule has 0 aliphatic heterocycles. The third-order valence-electron chi connectivity index (χ3n) is 11.2. The molecular formula is C50H95NO5. The summed E-state index contributed by atoms with van der Waals surface area (Å²) in [7, 11) is 0. The Hall–Kier alpha value is -1.66. The van der Waals surface area contributed by atoms with E-state index >= 15 is 0 Å². The second-order valence-electron chi connectivity index (χ2n) is 16.8. The maximum absolute atomic E-state index is 12.4. The third-order valence-corrected chi connectivity index (χ3v) is 11.2. The minimum absolute atomic E-state index is 0.00919. The molecule has 0 saturated heterocycles. The van der Waals surface area contributed by atoms with Crippen molar-refractivity contribution in [2.75, 3.05) is 13.2 Å². The van der Waals surface area contributed by atoms with Crippen molar-refractivity contribution in [2.45, 2.75) is 270 Å². The molecule has 0 bridgehead atoms. The first kappa shape index (κ1) is 54.3. The predicted octanol–water partition coefficient (Wildman–Crippen LogP) is 14.3. The highest BCUT2D eigenvalue weighted by atomic mass is 16.5. The molecule has 0 saturated carbocycles. The van der Waals surface area contributed by atoms with Crippen LogP contribution in [-0.2, 0) is 14.3 Å². The van der Waals surface area contributed by atoms with Crippen LogP contribution in [0.2, 0.25) is 0 Å². The van der Waals surface area contributed by atoms with Gasteiger partial charge in [-0.2, -0.15) is 0 Å². The number of carbonyl (C=O) groups excluding carboxylic acids is 2. The third kappa shape index (κ3) is 42.0. The average Bonchev–Trinajstić information content (AvgIpc) is 3.20. The van der Waals surface area contributed by atoms with Crippen LogP contribution in [0, 0.1) is 0 Å². The van der Waals surface area contributed by atoms with Crippen molar-refractivity contribution in [2.24, 2.45) is 0 Å². The molecule has 0 rings (SSSR count). The zero-order chi connectivity index (χ0) is 40.8. The number of rotatable bonds is 45. The van der Waals surface area contributed by atoms with Gasteiger partial charge >= 0.3 is 5.97 Å². The average molecular weight is 790 g/mol. The summed E-state index contributed by atoms with van der Waals surface area (Å²) in [5.74, 6) is -0.0891. The number of hydrogen-bond donors (Lipinski definition) is 3. The smallest absolute Gasteiger partial charge is 0.305 e. The van der Waals surface area contributed by atoms with Crippen molar-refractivity contribution in [3.8, 4) is 0 Å². The Balaban J connectivity index is 3.43. The Morgan fingerprint density at radius 3 is 1.27 bits per heavy atom. The highest BCUT2D eigenvalue weighted by molar-refractivity contribution is 5.76. The minimum atomic E-state index is -0.847. The van der Waals surface area contributed by atoms with Crippen molar-refractivity contribution in [1.82, 2.24) is 5.32 Å². The van der Waals surface area contributed by atoms with E-state index in [1.165, 1.54) is 173 Å². The van der Waals surface area contributed by atoms with Gasteiger partial charge in [0, 0.05) is 12.8 Å². The molecule has 0 radical (unpaired) electrons. The number of amides is 1. The number of aliphatic hydroxyl groups is 2. The van der Waals surface area contributed by atoms with E-state index in [1.807, 2.05) is 6.08 Å². The molecule has 6 nitrogen and oxygen atoms in total. The molecule has 56 heavy (non-hydrogen) atoms. The number of esters is 1. The van der Waals surface area contributed by atoms with E-state index in [-0.39, 0.29) is 18.5 Å². The molecule has 3 N–H and O–H groups in total. The normalized spacial score (nSPS) is 12.9. The molecule has 0 spiro atoms. The van der Waals surface area contributed by atoms with Crippen LogP contribution in [0.1, 0.15) is 258 Å². The van der Waals surface area contributed by atoms with E-state index in [2.05, 4.69) is 31.3 Å². The standard InChI is InChI=1S/C50H95NO5/c1-3-5-7-9-11-13-14-15-17-21-24-28-32-36-40-44-50(55)56-45-41-37-33-29-25-22-19-16-18-20-23-27-31-35-39-43-49(54)51-47(46-52)48(53)42-38-34-30-26-12-10-8-6-4-2/h15,17,38,42,47-48,52-53H,3-14,16,18-37,39-41,43-46H2,1-2H3,(H,51,54)/b17-15-,42-38+. The molecule has 0 fully saturated rings. The van der Waals surface area contributed by atoms with Crippen LogP contribution in [0.25, 0.3) is 0 Å². The Bertz CT molecular complexity index is 874. The van der Waals surface area contributed by atoms with Crippen LogP contribution >= 0.6 is 0 Å². The topological polar surface area (TPSA) is 95.9 Å². The van der Waals surface area contributed by atoms with Gasteiger partial charge in [-0.3, -0.25) is 9.59 Å². The van der Waals surface area contributed by atoms with E-state index in [9.17, 15) is 19.8 Å². The number of hydrogen-bond acceptors (Lipinski definition) is 5. The molecule has 2 unspecified atom stereocenters. The van der Waals surface area contributed by atoms with Crippen molar-refractivity contribution in [3.05, 3.63) is 24.3 Å². The predicted molar refractivity (Wildman–Crippen MR) is 241 cm³/mol. The lowest BCUT2D eigenvalue weighted by atomic mass is 10.0. The molecule has 0 aromatic heterocycles. The summed E-state index contributed by atoms with van der Waals surface area (Å²) in [4.78, 5) is 24.4. The molecule has 0 aliphatic carbocycles. The van der Waals surface area contributed by atoms with Gasteiger partial charge in [-0.25, -0.2) is 0 Å². The van der Waals surface area contributed by atoms with E-state index in [0.29, 0.717) is 19.4 Å². The molecule has 2 atom stereocenters. The van der Waals surface area contributed by atoms with Gasteiger partial charge in [0.1, 0.15) is 0 Å². The molecule has 6 heteroatoms. The van der Waals surface area contributed by atoms with Crippen molar-refractivity contribution < 1.29 is 24.5 Å². The molecule has 0 aromatic carbocycles. The Labute approximate surface area is 348 Å². The summed E-state index contributed by atoms with van der Waals surface area (Å²) in [5.41, 5.74) is 0. The Morgan fingerprint density at radius 1 is 0.482 bits per heavy atom. The van der Waals surface area contributed by atoms with E-state index in [1.54, 1.807) is 6.08 Å². The number of aliphatic hydroxyl groups excluding tert-OH is 2. The molecule has 1 amide bonds. The fourth-order valence-electron chi connectivity index (χ4n) is 7.39. The highest BCUT2D eigenvalue weighted by Gasteiger charge is 2.18. The van der Waals surface area contributed by atoms with Crippen molar-refractivity contribution in [3.63, 3.8) is 0 Å². The maximum atomic E-state index is 12.4. The van der Waals surface area contributed by atoms with Gasteiger partial charge in [0.25, 0.3) is 0 Å². The first-order valence-electron chi connectivity index (χ1n) is 24.6. The first-order valence-corrected chi connectivity index (χ1v) is 24.6. The zero-order valence-corrected chi connectivity index (χ0v) is 37.4. The van der Waals surface area contributed by atoms with Crippen molar-refractivity contribution >= 4 is 11.9 Å². The molecule has 0 heterocycles. The number of ether oxygens (including phenoxy) is 1. The van der Waals surface area contributed by atoms with Crippen LogP contribution in [0.5, 0.6) is 0 Å². The lowest BCUT2D eigenvalue weighted by Crippen LogP contribution is -2.45. The lowest BCUT2D eigenvalue weighted by Gasteiger charge is -2.20. The van der Waals surface area contributed by atoms with Gasteiger partial charge in [0.05, 0.1) is 25.4 Å². The van der Waals surface area contributed by atoms with E-state index in [0.717, 1.165) is 57.8 Å². The minimum Gasteiger partial charge on any atom is -0.466 e. The van der Waals surface area contributed by atoms with Crippen LogP contribution in [0.15, 0.2) is 24.3 Å². The summed E-state index contributed by atoms with van der Waals surface area (Å²) >= 11 is 0. The fourth-order valence-corrected chi connectivity index (χ4v) is 7.39. The monoisotopic (exact) mass is 790 g/mol. The summed E-state index contributed by atoms with van der Waals surface area (Å²) in [6.45, 7) is 4.84. The van der Waals surface area contributed by atoms with Crippen LogP contribution in [0.4, 0.5) is 0 Å². The van der Waals surface area contributed by atoms with Gasteiger partial charge < -0.3 is 20.3 Å². The maximum Gasteiger partial charge on any atom is 0.305 e. The molecule has 0 aromatic rings. The van der Waals surface area contributed by atoms with Crippen LogP contribution < -0.4 is 5.32 Å². The largest absolute Gasteiger partial charge is 0.466 e. The summed E-state index contributed by atoms with van der Waals surface area (Å²) in [6, 6.07) is -0.632. The lowest BCUT2D eigenvalue weighted by molar-refractivity contribution is -0.143. The second kappa shape index (κ2) is 46.0. The quantitative estimate of drug-likeness (QED) is 0.0324. The summed E-state index contributed by atoms with van der Waals surface area (Å²) < 4.78 is 5.46. The summed E-state index contributed by atoms with van der Waals surface area (Å²) in [6.07, 6.45) is 53.2. The van der Waals surface area contributed by atoms with Crippen LogP contribution in [-0.4, -0.2) is 47.4 Å². The first-order chi connectivity index (χ1) is 27.5. The van der Waals surface area contributed by atoms with Crippen LogP contribution in [0.3, 0.4) is 0 Å². The van der Waals surface area contributed by atoms with Gasteiger partial charge in [-0.1, -0.05) is 212 Å². The Morgan fingerprint density at radius 2 is 0.839 bits per heavy atom. The van der Waals surface area contributed by atoms with Gasteiger partial charge in [-0.15, -0.1) is 0 Å². The fraction of sp³-hybridized carbons (Fsp3) is 0.880. The second-order valence-corrected chi connectivity index (χ2v) is 16.8. The number of carbonyl (C=O) groups is 2. The highest BCUT2D eigenvalue weighted by Crippen LogP contribution is 2.15. The number of allylic oxidation sites excluding steroid dienone is 3. The molecule has 330 valence electrons. The van der Waals surface area contributed by atoms with Crippen molar-refractivity contribution in [1.29, 1.82) is 0 Å². The van der Waals surface area contributed by atoms with E-state index in [4.69, 9.17) is 4.74 Å². The van der Waals surface area contributed by atoms with Gasteiger partial charge in [-0.05, 0) is 57.8 Å². The molecule has 0 aliphatic rings. The van der Waals surface area contributed by atoms with Gasteiger partial charge in [0.15, 0.2) is 0 Å². The summed E-state index contributed by atoms with van der Waals surface area (Å²) in [5, 5.41) is 22.9. The SMILES string of the molecule is CCCCCCCC/C=C\CCCCCCCC(=O)OCCCCCCCCCCCCCCCCCC(=O)NC(CO)C(O)/C=C/CCCCCCCCC. The zero-order valence-electron chi connectivity index (χ0n) is 37.4. The Kier molecular flexibility index (Phi) is 44.7. The number of nitrogens with one attached hydrogen (secondary N) is 1. The number of unbranched alkanes of at least 4 members (excludes halogenated alkanes) is 32.